The van der Waals surface area contributed by atoms with Crippen LogP contribution in [0, 0.1) is 0 Å². The minimum absolute atomic E-state index is 0.00847. The molecule has 1 aliphatic heterocycles. The average Bonchev–Trinajstić information content (AvgIpc) is 2.99. The zero-order valence-electron chi connectivity index (χ0n) is 11.6. The number of rotatable bonds is 6. The van der Waals surface area contributed by atoms with Crippen LogP contribution in [-0.4, -0.2) is 48.8 Å². The molecule has 1 amide bonds. The molecule has 6 nitrogen and oxygen atoms in total. The molecule has 1 aromatic rings. The predicted octanol–water partition coefficient (Wildman–Crippen LogP) is -0.103. The predicted molar refractivity (Wildman–Crippen MR) is 72.0 cm³/mol. The second-order valence-corrected chi connectivity index (χ2v) is 5.24. The monoisotopic (exact) mass is 266 g/mol. The van der Waals surface area contributed by atoms with Gasteiger partial charge in [-0.25, -0.2) is 4.98 Å². The van der Waals surface area contributed by atoms with Crippen molar-refractivity contribution in [3.63, 3.8) is 0 Å². The topological polar surface area (TPSA) is 68.2 Å². The molecule has 19 heavy (non-hydrogen) atoms. The van der Waals surface area contributed by atoms with E-state index in [1.165, 1.54) is 0 Å². The third kappa shape index (κ3) is 3.33. The Bertz CT molecular complexity index is 424. The standard InChI is InChI=1S/C13H22N4O2/c1-13(3-4-14-9-13)11-7-15-10-17(11)8-12(18)16-5-6-19-2/h7,10,14H,3-6,8-9H2,1-2H3,(H,16,18). The van der Waals surface area contributed by atoms with Gasteiger partial charge in [-0.15, -0.1) is 0 Å². The zero-order chi connectivity index (χ0) is 13.7. The van der Waals surface area contributed by atoms with E-state index in [9.17, 15) is 4.79 Å². The van der Waals surface area contributed by atoms with Gasteiger partial charge in [0.2, 0.25) is 5.91 Å². The number of hydrogen-bond acceptors (Lipinski definition) is 4. The lowest BCUT2D eigenvalue weighted by molar-refractivity contribution is -0.121. The van der Waals surface area contributed by atoms with Crippen LogP contribution >= 0.6 is 0 Å². The Morgan fingerprint density at radius 1 is 1.68 bits per heavy atom. The van der Waals surface area contributed by atoms with Crippen LogP contribution in [0.1, 0.15) is 19.0 Å². The van der Waals surface area contributed by atoms with E-state index in [-0.39, 0.29) is 11.3 Å². The summed E-state index contributed by atoms with van der Waals surface area (Å²) in [4.78, 5) is 16.0. The van der Waals surface area contributed by atoms with Crippen LogP contribution in [0.5, 0.6) is 0 Å². The van der Waals surface area contributed by atoms with E-state index in [0.29, 0.717) is 19.7 Å². The number of amides is 1. The Morgan fingerprint density at radius 2 is 2.53 bits per heavy atom. The van der Waals surface area contributed by atoms with Crippen LogP contribution in [0.4, 0.5) is 0 Å². The van der Waals surface area contributed by atoms with Crippen LogP contribution in [0.2, 0.25) is 0 Å². The van der Waals surface area contributed by atoms with Gasteiger partial charge >= 0.3 is 0 Å². The van der Waals surface area contributed by atoms with Gasteiger partial charge in [0, 0.05) is 37.5 Å². The van der Waals surface area contributed by atoms with Gasteiger partial charge in [-0.1, -0.05) is 6.92 Å². The molecule has 1 saturated heterocycles. The highest BCUT2D eigenvalue weighted by Gasteiger charge is 2.33. The third-order valence-corrected chi connectivity index (χ3v) is 3.64. The molecule has 0 spiro atoms. The van der Waals surface area contributed by atoms with E-state index in [1.54, 1.807) is 13.4 Å². The molecule has 2 rings (SSSR count). The van der Waals surface area contributed by atoms with Gasteiger partial charge < -0.3 is 19.9 Å². The van der Waals surface area contributed by atoms with Crippen molar-refractivity contribution in [2.75, 3.05) is 33.4 Å². The maximum Gasteiger partial charge on any atom is 0.240 e. The number of hydrogen-bond donors (Lipinski definition) is 2. The molecule has 0 bridgehead atoms. The van der Waals surface area contributed by atoms with Gasteiger partial charge in [-0.3, -0.25) is 4.79 Å². The zero-order valence-corrected chi connectivity index (χ0v) is 11.6. The maximum atomic E-state index is 11.8. The minimum Gasteiger partial charge on any atom is -0.383 e. The second-order valence-electron chi connectivity index (χ2n) is 5.24. The van der Waals surface area contributed by atoms with E-state index < -0.39 is 0 Å². The largest absolute Gasteiger partial charge is 0.383 e. The van der Waals surface area contributed by atoms with Gasteiger partial charge in [0.25, 0.3) is 0 Å². The highest BCUT2D eigenvalue weighted by molar-refractivity contribution is 5.75. The lowest BCUT2D eigenvalue weighted by atomic mass is 9.86. The Labute approximate surface area is 113 Å². The third-order valence-electron chi connectivity index (χ3n) is 3.64. The molecule has 6 heteroatoms. The molecule has 1 aromatic heterocycles. The number of imidazole rings is 1. The molecule has 2 heterocycles. The highest BCUT2D eigenvalue weighted by Crippen LogP contribution is 2.29. The van der Waals surface area contributed by atoms with Crippen LogP contribution < -0.4 is 10.6 Å². The van der Waals surface area contributed by atoms with Crippen molar-refractivity contribution in [1.29, 1.82) is 0 Å². The summed E-state index contributed by atoms with van der Waals surface area (Å²) in [5.41, 5.74) is 1.20. The number of aromatic nitrogens is 2. The molecule has 1 unspecified atom stereocenters. The molecule has 1 fully saturated rings. The van der Waals surface area contributed by atoms with Gasteiger partial charge in [0.1, 0.15) is 6.54 Å². The van der Waals surface area contributed by atoms with Crippen LogP contribution in [0.3, 0.4) is 0 Å². The maximum absolute atomic E-state index is 11.8. The fourth-order valence-electron chi connectivity index (χ4n) is 2.49. The lowest BCUT2D eigenvalue weighted by Crippen LogP contribution is -2.33. The molecule has 0 radical (unpaired) electrons. The highest BCUT2D eigenvalue weighted by atomic mass is 16.5. The van der Waals surface area contributed by atoms with Crippen molar-refractivity contribution in [2.24, 2.45) is 0 Å². The number of nitrogens with zero attached hydrogens (tertiary/aromatic N) is 2. The summed E-state index contributed by atoms with van der Waals surface area (Å²) in [5, 5.41) is 6.19. The quantitative estimate of drug-likeness (QED) is 0.705. The average molecular weight is 266 g/mol. The van der Waals surface area contributed by atoms with Gasteiger partial charge in [0.15, 0.2) is 0 Å². The number of methoxy groups -OCH3 is 1. The van der Waals surface area contributed by atoms with E-state index in [1.807, 2.05) is 10.8 Å². The van der Waals surface area contributed by atoms with Crippen LogP contribution in [-0.2, 0) is 21.5 Å². The van der Waals surface area contributed by atoms with Crippen molar-refractivity contribution < 1.29 is 9.53 Å². The van der Waals surface area contributed by atoms with Crippen LogP contribution in [0.15, 0.2) is 12.5 Å². The van der Waals surface area contributed by atoms with Crippen LogP contribution in [0.25, 0.3) is 0 Å². The summed E-state index contributed by atoms with van der Waals surface area (Å²) in [6, 6.07) is 0. The summed E-state index contributed by atoms with van der Waals surface area (Å²) in [6.45, 7) is 5.55. The Hall–Kier alpha value is -1.40. The number of nitrogens with one attached hydrogen (secondary N) is 2. The summed E-state index contributed by atoms with van der Waals surface area (Å²) >= 11 is 0. The van der Waals surface area contributed by atoms with E-state index in [4.69, 9.17) is 4.74 Å². The molecule has 0 saturated carbocycles. The van der Waals surface area contributed by atoms with Gasteiger partial charge in [0.05, 0.1) is 12.9 Å². The first-order chi connectivity index (χ1) is 9.15. The van der Waals surface area contributed by atoms with Crippen molar-refractivity contribution >= 4 is 5.91 Å². The SMILES string of the molecule is COCCNC(=O)Cn1cncc1C1(C)CCNC1. The summed E-state index contributed by atoms with van der Waals surface area (Å²) in [6.07, 6.45) is 4.67. The summed E-state index contributed by atoms with van der Waals surface area (Å²) in [5.74, 6) is -0.00847. The first kappa shape index (κ1) is 14.0. The molecular formula is C13H22N4O2. The number of carbonyl (C=O) groups excluding carboxylic acids is 1. The van der Waals surface area contributed by atoms with E-state index in [2.05, 4.69) is 22.5 Å². The summed E-state index contributed by atoms with van der Waals surface area (Å²) in [7, 11) is 1.62. The fraction of sp³-hybridized carbons (Fsp3) is 0.692. The first-order valence-corrected chi connectivity index (χ1v) is 6.63. The van der Waals surface area contributed by atoms with Gasteiger partial charge in [-0.05, 0) is 13.0 Å². The number of ether oxygens (including phenoxy) is 1. The lowest BCUT2D eigenvalue weighted by Gasteiger charge is -2.24. The molecule has 1 atom stereocenters. The van der Waals surface area contributed by atoms with Crippen molar-refractivity contribution in [3.8, 4) is 0 Å². The Morgan fingerprint density at radius 3 is 3.21 bits per heavy atom. The molecule has 2 N–H and O–H groups in total. The molecule has 106 valence electrons. The molecule has 0 aromatic carbocycles. The smallest absolute Gasteiger partial charge is 0.240 e. The van der Waals surface area contributed by atoms with Crippen molar-refractivity contribution in [3.05, 3.63) is 18.2 Å². The fourth-order valence-corrected chi connectivity index (χ4v) is 2.49. The molecular weight excluding hydrogens is 244 g/mol. The first-order valence-electron chi connectivity index (χ1n) is 6.63. The normalized spacial score (nSPS) is 22.6. The van der Waals surface area contributed by atoms with Crippen molar-refractivity contribution in [1.82, 2.24) is 20.2 Å². The van der Waals surface area contributed by atoms with E-state index in [0.717, 1.165) is 25.2 Å². The number of carbonyl (C=O) groups is 1. The second kappa shape index (κ2) is 6.16. The molecule has 0 aliphatic carbocycles. The molecule has 1 aliphatic rings. The van der Waals surface area contributed by atoms with Crippen molar-refractivity contribution in [2.45, 2.75) is 25.3 Å². The summed E-state index contributed by atoms with van der Waals surface area (Å²) < 4.78 is 6.85. The van der Waals surface area contributed by atoms with Gasteiger partial charge in [-0.2, -0.15) is 0 Å². The van der Waals surface area contributed by atoms with E-state index >= 15 is 0 Å². The Kier molecular flexibility index (Phi) is 4.55. The minimum atomic E-state index is -0.00847. The Balaban J connectivity index is 1.98.